The molecule has 0 saturated heterocycles. The fourth-order valence-electron chi connectivity index (χ4n) is 2.03. The van der Waals surface area contributed by atoms with Gasteiger partial charge in [0.2, 0.25) is 0 Å². The molecule has 0 saturated carbocycles. The Bertz CT molecular complexity index is 683. The molecule has 122 valence electrons. The lowest BCUT2D eigenvalue weighted by Crippen LogP contribution is -2.21. The summed E-state index contributed by atoms with van der Waals surface area (Å²) in [4.78, 5) is 11.9. The number of aliphatic hydroxyl groups is 2. The van der Waals surface area contributed by atoms with Crippen molar-refractivity contribution in [3.05, 3.63) is 58.4 Å². The smallest absolute Gasteiger partial charge is 0.262 e. The molecule has 7 heteroatoms. The lowest BCUT2D eigenvalue weighted by molar-refractivity contribution is -0.118. The van der Waals surface area contributed by atoms with Crippen molar-refractivity contribution in [2.45, 2.75) is 13.2 Å². The molecule has 0 radical (unpaired) electrons. The molecule has 0 atom stereocenters. The molecular formula is C16H15ClFNO4. The number of nitrogens with one attached hydrogen (secondary N) is 1. The summed E-state index contributed by atoms with van der Waals surface area (Å²) in [6, 6.07) is 8.78. The summed E-state index contributed by atoms with van der Waals surface area (Å²) in [6.45, 7) is -1.32. The van der Waals surface area contributed by atoms with Gasteiger partial charge in [-0.05, 0) is 30.3 Å². The van der Waals surface area contributed by atoms with Crippen molar-refractivity contribution in [2.24, 2.45) is 0 Å². The minimum absolute atomic E-state index is 0.0950. The molecule has 5 nitrogen and oxygen atoms in total. The van der Waals surface area contributed by atoms with Gasteiger partial charge >= 0.3 is 0 Å². The summed E-state index contributed by atoms with van der Waals surface area (Å²) in [5, 5.41) is 21.6. The molecule has 0 aliphatic heterocycles. The Morgan fingerprint density at radius 1 is 1.17 bits per heavy atom. The van der Waals surface area contributed by atoms with E-state index in [0.717, 1.165) is 12.1 Å². The average Bonchev–Trinajstić information content (AvgIpc) is 2.52. The summed E-state index contributed by atoms with van der Waals surface area (Å²) >= 11 is 5.82. The van der Waals surface area contributed by atoms with Crippen LogP contribution in [-0.2, 0) is 18.0 Å². The zero-order valence-electron chi connectivity index (χ0n) is 12.1. The molecule has 0 aliphatic rings. The van der Waals surface area contributed by atoms with Gasteiger partial charge in [0.1, 0.15) is 11.6 Å². The quantitative estimate of drug-likeness (QED) is 0.755. The number of anilines is 1. The summed E-state index contributed by atoms with van der Waals surface area (Å²) in [6.07, 6.45) is 0. The summed E-state index contributed by atoms with van der Waals surface area (Å²) in [5.74, 6) is -0.962. The van der Waals surface area contributed by atoms with Gasteiger partial charge in [0.05, 0.1) is 13.2 Å². The van der Waals surface area contributed by atoms with Crippen LogP contribution in [0.15, 0.2) is 36.4 Å². The molecule has 2 aromatic rings. The zero-order valence-corrected chi connectivity index (χ0v) is 12.8. The molecule has 0 bridgehead atoms. The van der Waals surface area contributed by atoms with E-state index in [9.17, 15) is 19.4 Å². The molecule has 3 N–H and O–H groups in total. The largest absolute Gasteiger partial charge is 0.483 e. The average molecular weight is 340 g/mol. The standard InChI is InChI=1S/C16H15ClFNO4/c17-12-2-1-3-14(6-12)19-15(22)9-23-16-10(7-20)4-13(18)5-11(16)8-21/h1-6,20-21H,7-9H2,(H,19,22). The Morgan fingerprint density at radius 2 is 1.83 bits per heavy atom. The van der Waals surface area contributed by atoms with Crippen LogP contribution in [0.2, 0.25) is 5.02 Å². The topological polar surface area (TPSA) is 78.8 Å². The number of amides is 1. The molecule has 0 spiro atoms. The molecule has 0 unspecified atom stereocenters. The van der Waals surface area contributed by atoms with Crippen molar-refractivity contribution in [1.82, 2.24) is 0 Å². The molecule has 0 heterocycles. The van der Waals surface area contributed by atoms with Crippen molar-refractivity contribution in [2.75, 3.05) is 11.9 Å². The van der Waals surface area contributed by atoms with Gasteiger partial charge < -0.3 is 20.3 Å². The van der Waals surface area contributed by atoms with Gasteiger partial charge in [-0.1, -0.05) is 17.7 Å². The lowest BCUT2D eigenvalue weighted by atomic mass is 10.1. The predicted octanol–water partition coefficient (Wildman–Crippen LogP) is 2.48. The first-order valence-corrected chi connectivity index (χ1v) is 7.12. The van der Waals surface area contributed by atoms with Crippen molar-refractivity contribution >= 4 is 23.2 Å². The summed E-state index contributed by atoms with van der Waals surface area (Å²) < 4.78 is 18.7. The van der Waals surface area contributed by atoms with Crippen molar-refractivity contribution < 1.29 is 24.1 Å². The van der Waals surface area contributed by atoms with Crippen LogP contribution in [0.5, 0.6) is 5.75 Å². The maximum absolute atomic E-state index is 13.3. The first-order valence-electron chi connectivity index (χ1n) is 6.74. The van der Waals surface area contributed by atoms with Crippen molar-refractivity contribution in [3.63, 3.8) is 0 Å². The minimum atomic E-state index is -0.603. The molecule has 23 heavy (non-hydrogen) atoms. The molecular weight excluding hydrogens is 325 g/mol. The monoisotopic (exact) mass is 339 g/mol. The third kappa shape index (κ3) is 4.66. The fraction of sp³-hybridized carbons (Fsp3) is 0.188. The minimum Gasteiger partial charge on any atom is -0.483 e. The van der Waals surface area contributed by atoms with E-state index in [1.807, 2.05) is 0 Å². The van der Waals surface area contributed by atoms with E-state index in [1.54, 1.807) is 24.3 Å². The number of aliphatic hydroxyl groups excluding tert-OH is 2. The SMILES string of the molecule is O=C(COc1c(CO)cc(F)cc1CO)Nc1cccc(Cl)c1. The van der Waals surface area contributed by atoms with E-state index in [0.29, 0.717) is 10.7 Å². The van der Waals surface area contributed by atoms with E-state index in [1.165, 1.54) is 0 Å². The highest BCUT2D eigenvalue weighted by molar-refractivity contribution is 6.30. The van der Waals surface area contributed by atoms with Gasteiger partial charge in [0, 0.05) is 21.8 Å². The van der Waals surface area contributed by atoms with E-state index in [-0.39, 0.29) is 23.5 Å². The van der Waals surface area contributed by atoms with Gasteiger partial charge in [-0.2, -0.15) is 0 Å². The van der Waals surface area contributed by atoms with Gasteiger partial charge in [0.15, 0.2) is 6.61 Å². The molecule has 2 rings (SSSR count). The first kappa shape index (κ1) is 17.2. The molecule has 1 amide bonds. The first-order chi connectivity index (χ1) is 11.0. The summed E-state index contributed by atoms with van der Waals surface area (Å²) in [7, 11) is 0. The number of carbonyl (C=O) groups excluding carboxylic acids is 1. The fourth-order valence-corrected chi connectivity index (χ4v) is 2.22. The number of ether oxygens (including phenoxy) is 1. The van der Waals surface area contributed by atoms with Crippen molar-refractivity contribution in [1.29, 1.82) is 0 Å². The Balaban J connectivity index is 2.07. The van der Waals surface area contributed by atoms with Gasteiger partial charge in [-0.15, -0.1) is 0 Å². The van der Waals surface area contributed by atoms with Crippen LogP contribution in [0, 0.1) is 5.82 Å². The highest BCUT2D eigenvalue weighted by atomic mass is 35.5. The van der Waals surface area contributed by atoms with E-state index >= 15 is 0 Å². The second-order valence-corrected chi connectivity index (χ2v) is 5.15. The van der Waals surface area contributed by atoms with Crippen LogP contribution >= 0.6 is 11.6 Å². The second kappa shape index (κ2) is 7.92. The highest BCUT2D eigenvalue weighted by Gasteiger charge is 2.13. The second-order valence-electron chi connectivity index (χ2n) is 4.72. The van der Waals surface area contributed by atoms with Crippen LogP contribution < -0.4 is 10.1 Å². The van der Waals surface area contributed by atoms with Crippen molar-refractivity contribution in [3.8, 4) is 5.75 Å². The number of hydrogen-bond acceptors (Lipinski definition) is 4. The zero-order chi connectivity index (χ0) is 16.8. The predicted molar refractivity (Wildman–Crippen MR) is 83.8 cm³/mol. The molecule has 0 aliphatic carbocycles. The Hall–Kier alpha value is -2.15. The van der Waals surface area contributed by atoms with Gasteiger partial charge in [-0.3, -0.25) is 4.79 Å². The van der Waals surface area contributed by atoms with Crippen LogP contribution in [0.4, 0.5) is 10.1 Å². The van der Waals surface area contributed by atoms with Gasteiger partial charge in [0.25, 0.3) is 5.91 Å². The third-order valence-corrected chi connectivity index (χ3v) is 3.24. The summed E-state index contributed by atoms with van der Waals surface area (Å²) in [5.41, 5.74) is 0.823. The number of carbonyl (C=O) groups is 1. The normalized spacial score (nSPS) is 10.4. The number of rotatable bonds is 6. The number of hydrogen-bond donors (Lipinski definition) is 3. The maximum atomic E-state index is 13.3. The molecule has 0 aromatic heterocycles. The van der Waals surface area contributed by atoms with E-state index < -0.39 is 24.9 Å². The molecule has 0 fully saturated rings. The highest BCUT2D eigenvalue weighted by Crippen LogP contribution is 2.26. The van der Waals surface area contributed by atoms with Crippen LogP contribution in [0.3, 0.4) is 0 Å². The molecule has 2 aromatic carbocycles. The van der Waals surface area contributed by atoms with Crippen LogP contribution in [-0.4, -0.2) is 22.7 Å². The third-order valence-electron chi connectivity index (χ3n) is 3.00. The number of halogens is 2. The van der Waals surface area contributed by atoms with E-state index in [4.69, 9.17) is 16.3 Å². The van der Waals surface area contributed by atoms with Crippen LogP contribution in [0.1, 0.15) is 11.1 Å². The van der Waals surface area contributed by atoms with Crippen LogP contribution in [0.25, 0.3) is 0 Å². The number of benzene rings is 2. The Morgan fingerprint density at radius 3 is 2.39 bits per heavy atom. The maximum Gasteiger partial charge on any atom is 0.262 e. The Kier molecular flexibility index (Phi) is 5.92. The van der Waals surface area contributed by atoms with E-state index in [2.05, 4.69) is 5.32 Å². The Labute approximate surface area is 137 Å². The van der Waals surface area contributed by atoms with Gasteiger partial charge in [-0.25, -0.2) is 4.39 Å². The lowest BCUT2D eigenvalue weighted by Gasteiger charge is -2.14.